The molecule has 1 aliphatic heterocycles. The second-order valence-corrected chi connectivity index (χ2v) is 6.70. The van der Waals surface area contributed by atoms with Gasteiger partial charge in [-0.15, -0.1) is 0 Å². The lowest BCUT2D eigenvalue weighted by molar-refractivity contribution is 0.00706. The van der Waals surface area contributed by atoms with Crippen molar-refractivity contribution in [1.29, 1.82) is 0 Å². The lowest BCUT2D eigenvalue weighted by atomic mass is 10.1. The standard InChI is InChI=1S/C19H21NO3/c1-12-7-5-10-15-16(12)20-17-13(11-22-15)8-6-9-14(17)18(21)23-19(2,3)4/h5-10,20H,11H2,1-4H3. The topological polar surface area (TPSA) is 47.6 Å². The Morgan fingerprint density at radius 1 is 1.13 bits per heavy atom. The number of nitrogens with one attached hydrogen (secondary N) is 1. The van der Waals surface area contributed by atoms with Crippen LogP contribution in [0.1, 0.15) is 42.3 Å². The maximum absolute atomic E-state index is 12.5. The van der Waals surface area contributed by atoms with Gasteiger partial charge >= 0.3 is 5.97 Å². The number of ether oxygens (including phenoxy) is 2. The molecular formula is C19H21NO3. The summed E-state index contributed by atoms with van der Waals surface area (Å²) in [4.78, 5) is 12.5. The summed E-state index contributed by atoms with van der Waals surface area (Å²) in [6.45, 7) is 8.01. The first-order valence-electron chi connectivity index (χ1n) is 7.70. The molecule has 0 saturated heterocycles. The molecule has 3 rings (SSSR count). The van der Waals surface area contributed by atoms with E-state index in [0.29, 0.717) is 12.2 Å². The fraction of sp³-hybridized carbons (Fsp3) is 0.316. The number of aryl methyl sites for hydroxylation is 1. The predicted octanol–water partition coefficient (Wildman–Crippen LogP) is 4.59. The van der Waals surface area contributed by atoms with E-state index in [-0.39, 0.29) is 5.97 Å². The third kappa shape index (κ3) is 3.16. The molecule has 0 radical (unpaired) electrons. The van der Waals surface area contributed by atoms with Gasteiger partial charge in [0, 0.05) is 5.56 Å². The minimum absolute atomic E-state index is 0.334. The van der Waals surface area contributed by atoms with Crippen LogP contribution in [0.4, 0.5) is 11.4 Å². The minimum atomic E-state index is -0.533. The maximum Gasteiger partial charge on any atom is 0.340 e. The van der Waals surface area contributed by atoms with Crippen molar-refractivity contribution in [2.45, 2.75) is 39.9 Å². The summed E-state index contributed by atoms with van der Waals surface area (Å²) in [6.07, 6.45) is 0. The van der Waals surface area contributed by atoms with Crippen molar-refractivity contribution in [2.75, 3.05) is 5.32 Å². The van der Waals surface area contributed by atoms with Gasteiger partial charge in [0.05, 0.1) is 16.9 Å². The molecule has 1 aliphatic rings. The van der Waals surface area contributed by atoms with Crippen LogP contribution in [0.3, 0.4) is 0 Å². The number of anilines is 2. The first-order valence-corrected chi connectivity index (χ1v) is 7.70. The van der Waals surface area contributed by atoms with Gasteiger partial charge in [-0.3, -0.25) is 0 Å². The maximum atomic E-state index is 12.5. The zero-order valence-corrected chi connectivity index (χ0v) is 13.9. The average Bonchev–Trinajstić information content (AvgIpc) is 2.65. The molecule has 0 unspecified atom stereocenters. The van der Waals surface area contributed by atoms with Gasteiger partial charge in [0.2, 0.25) is 0 Å². The van der Waals surface area contributed by atoms with E-state index in [2.05, 4.69) is 5.32 Å². The highest BCUT2D eigenvalue weighted by Crippen LogP contribution is 2.38. The SMILES string of the molecule is Cc1cccc2c1Nc1c(cccc1C(=O)OC(C)(C)C)CO2. The van der Waals surface area contributed by atoms with Gasteiger partial charge in [0.15, 0.2) is 0 Å². The van der Waals surface area contributed by atoms with Crippen molar-refractivity contribution < 1.29 is 14.3 Å². The highest BCUT2D eigenvalue weighted by Gasteiger charge is 2.24. The summed E-state index contributed by atoms with van der Waals surface area (Å²) < 4.78 is 11.4. The molecule has 0 amide bonds. The van der Waals surface area contributed by atoms with Crippen molar-refractivity contribution in [3.8, 4) is 5.75 Å². The molecule has 0 bridgehead atoms. The van der Waals surface area contributed by atoms with E-state index >= 15 is 0 Å². The number of rotatable bonds is 1. The Morgan fingerprint density at radius 3 is 2.61 bits per heavy atom. The first-order chi connectivity index (χ1) is 10.8. The van der Waals surface area contributed by atoms with E-state index in [9.17, 15) is 4.79 Å². The predicted molar refractivity (Wildman–Crippen MR) is 90.4 cm³/mol. The summed E-state index contributed by atoms with van der Waals surface area (Å²) in [6, 6.07) is 11.5. The van der Waals surface area contributed by atoms with Crippen LogP contribution in [0.15, 0.2) is 36.4 Å². The number of fused-ring (bicyclic) bond motifs is 2. The van der Waals surface area contributed by atoms with Crippen molar-refractivity contribution in [3.05, 3.63) is 53.1 Å². The van der Waals surface area contributed by atoms with Crippen molar-refractivity contribution in [3.63, 3.8) is 0 Å². The van der Waals surface area contributed by atoms with E-state index in [1.165, 1.54) is 0 Å². The minimum Gasteiger partial charge on any atom is -0.487 e. The third-order valence-corrected chi connectivity index (χ3v) is 3.64. The molecule has 1 heterocycles. The number of hydrogen-bond acceptors (Lipinski definition) is 4. The zero-order chi connectivity index (χ0) is 16.6. The van der Waals surface area contributed by atoms with Gasteiger partial charge in [-0.05, 0) is 45.4 Å². The quantitative estimate of drug-likeness (QED) is 0.783. The number of esters is 1. The Hall–Kier alpha value is -2.49. The smallest absolute Gasteiger partial charge is 0.340 e. The van der Waals surface area contributed by atoms with E-state index in [1.54, 1.807) is 6.07 Å². The lowest BCUT2D eigenvalue weighted by Gasteiger charge is -2.21. The largest absolute Gasteiger partial charge is 0.487 e. The molecule has 1 N–H and O–H groups in total. The Balaban J connectivity index is 2.05. The van der Waals surface area contributed by atoms with Gasteiger partial charge < -0.3 is 14.8 Å². The number of benzene rings is 2. The van der Waals surface area contributed by atoms with Crippen LogP contribution in [-0.2, 0) is 11.3 Å². The van der Waals surface area contributed by atoms with E-state index in [0.717, 1.165) is 28.3 Å². The summed E-state index contributed by atoms with van der Waals surface area (Å²) >= 11 is 0. The molecule has 4 nitrogen and oxygen atoms in total. The molecule has 23 heavy (non-hydrogen) atoms. The molecule has 0 atom stereocenters. The van der Waals surface area contributed by atoms with E-state index in [4.69, 9.17) is 9.47 Å². The van der Waals surface area contributed by atoms with E-state index in [1.807, 2.05) is 58.0 Å². The molecule has 0 fully saturated rings. The summed E-state index contributed by atoms with van der Waals surface area (Å²) in [5.41, 5.74) is 3.64. The Labute approximate surface area is 136 Å². The van der Waals surface area contributed by atoms with E-state index < -0.39 is 5.60 Å². The van der Waals surface area contributed by atoms with Gasteiger partial charge in [-0.25, -0.2) is 4.79 Å². The zero-order valence-electron chi connectivity index (χ0n) is 13.9. The summed E-state index contributed by atoms with van der Waals surface area (Å²) in [5, 5.41) is 3.38. The number of carbonyl (C=O) groups excluding carboxylic acids is 1. The Bertz CT molecular complexity index is 760. The molecule has 120 valence electrons. The van der Waals surface area contributed by atoms with Gasteiger partial charge in [0.1, 0.15) is 18.0 Å². The number of carbonyl (C=O) groups is 1. The summed E-state index contributed by atoms with van der Waals surface area (Å²) in [7, 11) is 0. The van der Waals surface area contributed by atoms with Gasteiger partial charge in [0.25, 0.3) is 0 Å². The summed E-state index contributed by atoms with van der Waals surface area (Å²) in [5.74, 6) is 0.454. The third-order valence-electron chi connectivity index (χ3n) is 3.64. The second kappa shape index (κ2) is 5.61. The Kier molecular flexibility index (Phi) is 3.76. The van der Waals surface area contributed by atoms with Crippen LogP contribution in [0.5, 0.6) is 5.75 Å². The van der Waals surface area contributed by atoms with Crippen molar-refractivity contribution in [1.82, 2.24) is 0 Å². The molecule has 4 heteroatoms. The fourth-order valence-electron chi connectivity index (χ4n) is 2.57. The van der Waals surface area contributed by atoms with Crippen LogP contribution in [-0.4, -0.2) is 11.6 Å². The highest BCUT2D eigenvalue weighted by atomic mass is 16.6. The lowest BCUT2D eigenvalue weighted by Crippen LogP contribution is -2.24. The van der Waals surface area contributed by atoms with Crippen LogP contribution in [0, 0.1) is 6.92 Å². The average molecular weight is 311 g/mol. The molecular weight excluding hydrogens is 290 g/mol. The number of para-hydroxylation sites is 2. The van der Waals surface area contributed by atoms with Crippen LogP contribution >= 0.6 is 0 Å². The second-order valence-electron chi connectivity index (χ2n) is 6.70. The molecule has 0 aromatic heterocycles. The van der Waals surface area contributed by atoms with Crippen LogP contribution in [0.2, 0.25) is 0 Å². The molecule has 2 aromatic rings. The fourth-order valence-corrected chi connectivity index (χ4v) is 2.57. The van der Waals surface area contributed by atoms with Gasteiger partial charge in [-0.2, -0.15) is 0 Å². The molecule has 0 aliphatic carbocycles. The number of hydrogen-bond donors (Lipinski definition) is 1. The molecule has 0 spiro atoms. The normalized spacial score (nSPS) is 13.0. The molecule has 2 aromatic carbocycles. The monoisotopic (exact) mass is 311 g/mol. The molecule has 0 saturated carbocycles. The van der Waals surface area contributed by atoms with Crippen LogP contribution in [0.25, 0.3) is 0 Å². The van der Waals surface area contributed by atoms with Crippen molar-refractivity contribution in [2.24, 2.45) is 0 Å². The van der Waals surface area contributed by atoms with Crippen LogP contribution < -0.4 is 10.1 Å². The Morgan fingerprint density at radius 2 is 1.87 bits per heavy atom. The first kappa shape index (κ1) is 15.4. The highest BCUT2D eigenvalue weighted by molar-refractivity contribution is 5.98. The van der Waals surface area contributed by atoms with Gasteiger partial charge in [-0.1, -0.05) is 24.3 Å². The van der Waals surface area contributed by atoms with Crippen molar-refractivity contribution >= 4 is 17.3 Å².